The van der Waals surface area contributed by atoms with Gasteiger partial charge in [0, 0.05) is 12.6 Å². The zero-order valence-electron chi connectivity index (χ0n) is 18.3. The number of hydrogen-bond donors (Lipinski definition) is 7. The highest BCUT2D eigenvalue weighted by Crippen LogP contribution is 2.66. The van der Waals surface area contributed by atoms with Crippen LogP contribution in [0.1, 0.15) is 18.2 Å². The van der Waals surface area contributed by atoms with Gasteiger partial charge in [-0.15, -0.1) is 0 Å². The van der Waals surface area contributed by atoms with Gasteiger partial charge in [-0.05, 0) is 0 Å². The van der Waals surface area contributed by atoms with Gasteiger partial charge in [0.15, 0.2) is 0 Å². The lowest BCUT2D eigenvalue weighted by Crippen LogP contribution is -2.36. The largest absolute Gasteiger partial charge is 0.490 e. The number of aromatic nitrogens is 2. The van der Waals surface area contributed by atoms with E-state index in [1.54, 1.807) is 0 Å². The lowest BCUT2D eigenvalue weighted by Gasteiger charge is -2.19. The van der Waals surface area contributed by atoms with E-state index in [4.69, 9.17) is 25.2 Å². The van der Waals surface area contributed by atoms with E-state index in [-0.39, 0.29) is 12.0 Å². The van der Waals surface area contributed by atoms with E-state index in [1.165, 1.54) is 5.32 Å². The number of anilines is 1. The Labute approximate surface area is 209 Å². The Balaban J connectivity index is 2.08. The predicted molar refractivity (Wildman–Crippen MR) is 113 cm³/mol. The Morgan fingerprint density at radius 2 is 1.87 bits per heavy atom. The molecule has 8 N–H and O–H groups in total. The highest BCUT2D eigenvalue weighted by molar-refractivity contribution is 7.66. The molecule has 1 saturated heterocycles. The zero-order chi connectivity index (χ0) is 29.1. The summed E-state index contributed by atoms with van der Waals surface area (Å²) in [5, 5.41) is 11.6. The van der Waals surface area contributed by atoms with Crippen molar-refractivity contribution in [1.82, 2.24) is 14.9 Å². The molecule has 0 radical (unpaired) electrons. The summed E-state index contributed by atoms with van der Waals surface area (Å²) in [6, 6.07) is 0. The number of amides is 1. The molecule has 2 heterocycles. The highest BCUT2D eigenvalue weighted by Gasteiger charge is 2.43. The maximum absolute atomic E-state index is 12.2. The van der Waals surface area contributed by atoms with Crippen molar-refractivity contribution in [2.24, 2.45) is 0 Å². The summed E-state index contributed by atoms with van der Waals surface area (Å²) in [5.41, 5.74) is 4.36. The second kappa shape index (κ2) is 11.9. The average molecular weight is 616 g/mol. The molecule has 0 saturated carbocycles. The first-order valence-corrected chi connectivity index (χ1v) is 14.1. The Morgan fingerprint density at radius 3 is 2.45 bits per heavy atom. The van der Waals surface area contributed by atoms with Gasteiger partial charge >= 0.3 is 41.2 Å². The number of nitrogens with zero attached hydrogens (tertiary/aromatic N) is 2. The van der Waals surface area contributed by atoms with Gasteiger partial charge in [0.05, 0.1) is 24.8 Å². The number of aliphatic hydroxyl groups is 1. The molecule has 0 aliphatic carbocycles. The minimum atomic E-state index is -5.78. The quantitative estimate of drug-likeness (QED) is 0.127. The topological polar surface area (TPSA) is 279 Å². The number of alkyl halides is 3. The fourth-order valence-corrected chi connectivity index (χ4v) is 5.68. The molecule has 2 rings (SSSR count). The molecule has 1 aromatic heterocycles. The molecule has 5 atom stereocenters. The molecule has 1 aromatic rings. The van der Waals surface area contributed by atoms with Crippen LogP contribution in [0.25, 0.3) is 0 Å². The molecule has 18 nitrogen and oxygen atoms in total. The first kappa shape index (κ1) is 32.0. The third-order valence-electron chi connectivity index (χ3n) is 4.13. The second-order valence-electron chi connectivity index (χ2n) is 7.03. The summed E-state index contributed by atoms with van der Waals surface area (Å²) in [6.45, 7) is -1.75. The van der Waals surface area contributed by atoms with E-state index in [9.17, 15) is 46.5 Å². The minimum Gasteiger partial charge on any atom is -0.390 e. The number of hydrogen-bond acceptors (Lipinski definition) is 12. The summed E-state index contributed by atoms with van der Waals surface area (Å²) in [4.78, 5) is 62.1. The summed E-state index contributed by atoms with van der Waals surface area (Å²) >= 11 is 0. The maximum Gasteiger partial charge on any atom is 0.490 e. The number of carbonyl (C=O) groups is 1. The van der Waals surface area contributed by atoms with Crippen LogP contribution in [0.2, 0.25) is 0 Å². The number of carbonyl (C=O) groups excluding carboxylic acids is 1. The Bertz CT molecular complexity index is 1320. The molecule has 0 aromatic carbocycles. The predicted octanol–water partition coefficient (Wildman–Crippen LogP) is -1.15. The molecule has 24 heteroatoms. The third-order valence-corrected chi connectivity index (χ3v) is 7.93. The minimum absolute atomic E-state index is 0.180. The average Bonchev–Trinajstić information content (AvgIpc) is 3.07. The van der Waals surface area contributed by atoms with Crippen molar-refractivity contribution in [3.05, 3.63) is 22.2 Å². The van der Waals surface area contributed by atoms with Crippen molar-refractivity contribution in [2.75, 3.05) is 18.9 Å². The normalized spacial score (nSPS) is 23.1. The lowest BCUT2D eigenvalue weighted by atomic mass is 10.2. The Morgan fingerprint density at radius 1 is 1.24 bits per heavy atom. The molecule has 1 amide bonds. The number of phosphoric acid groups is 3. The number of nitrogen functional groups attached to an aromatic ring is 1. The van der Waals surface area contributed by atoms with Crippen LogP contribution in [0.3, 0.4) is 0 Å². The SMILES string of the molecule is Nc1nc(=O)n([C@H]2C[C@H](O)[C@@H](COP(=O)(O)OP(=O)(O)OP(=O)(O)O)O2)cc1C#CCNC(=O)C(F)(F)F. The number of phosphoric ester groups is 1. The van der Waals surface area contributed by atoms with Gasteiger partial charge in [-0.3, -0.25) is 13.9 Å². The van der Waals surface area contributed by atoms with Crippen LogP contribution in [-0.2, 0) is 36.4 Å². The van der Waals surface area contributed by atoms with Gasteiger partial charge in [0.1, 0.15) is 18.1 Å². The van der Waals surface area contributed by atoms with Crippen molar-refractivity contribution in [1.29, 1.82) is 0 Å². The Kier molecular flexibility index (Phi) is 10.1. The van der Waals surface area contributed by atoms with E-state index in [0.717, 1.165) is 10.8 Å². The maximum atomic E-state index is 12.2. The van der Waals surface area contributed by atoms with Gasteiger partial charge in [-0.2, -0.15) is 26.8 Å². The van der Waals surface area contributed by atoms with Gasteiger partial charge in [0.2, 0.25) is 0 Å². The van der Waals surface area contributed by atoms with Crippen LogP contribution in [-0.4, -0.2) is 71.7 Å². The van der Waals surface area contributed by atoms with Crippen molar-refractivity contribution in [2.45, 2.75) is 31.0 Å². The van der Waals surface area contributed by atoms with Crippen LogP contribution in [0.5, 0.6) is 0 Å². The molecule has 0 bridgehead atoms. The Hall–Kier alpha value is -2.17. The number of aliphatic hydroxyl groups excluding tert-OH is 1. The first-order valence-electron chi connectivity index (χ1n) is 9.53. The molecule has 1 fully saturated rings. The van der Waals surface area contributed by atoms with Crippen LogP contribution < -0.4 is 16.7 Å². The number of ether oxygens (including phenoxy) is 1. The van der Waals surface area contributed by atoms with Gasteiger partial charge in [0.25, 0.3) is 0 Å². The molecule has 1 aliphatic heterocycles. The summed E-state index contributed by atoms with van der Waals surface area (Å²) in [7, 11) is -16.9. The van der Waals surface area contributed by atoms with E-state index in [2.05, 4.69) is 30.0 Å². The number of nitrogens with two attached hydrogens (primary N) is 1. The number of rotatable bonds is 9. The fourth-order valence-electron chi connectivity index (χ4n) is 2.65. The van der Waals surface area contributed by atoms with Crippen molar-refractivity contribution in [3.8, 4) is 11.8 Å². The van der Waals surface area contributed by atoms with E-state index in [1.807, 2.05) is 0 Å². The first-order chi connectivity index (χ1) is 17.2. The zero-order valence-corrected chi connectivity index (χ0v) is 21.0. The summed E-state index contributed by atoms with van der Waals surface area (Å²) in [5.74, 6) is 1.79. The molecule has 1 aliphatic rings. The van der Waals surface area contributed by atoms with E-state index >= 15 is 0 Å². The molecular formula is C14H18F3N4O14P3. The van der Waals surface area contributed by atoms with Crippen LogP contribution in [0.15, 0.2) is 11.0 Å². The van der Waals surface area contributed by atoms with Gasteiger partial charge in [-0.1, -0.05) is 11.8 Å². The summed E-state index contributed by atoms with van der Waals surface area (Å²) in [6.07, 6.45) is -8.77. The van der Waals surface area contributed by atoms with Crippen LogP contribution in [0, 0.1) is 11.8 Å². The van der Waals surface area contributed by atoms with Gasteiger partial charge < -0.3 is 40.5 Å². The van der Waals surface area contributed by atoms with Crippen molar-refractivity contribution < 1.29 is 74.2 Å². The van der Waals surface area contributed by atoms with Crippen molar-refractivity contribution in [3.63, 3.8) is 0 Å². The van der Waals surface area contributed by atoms with Crippen LogP contribution in [0.4, 0.5) is 19.0 Å². The smallest absolute Gasteiger partial charge is 0.390 e. The molecule has 2 unspecified atom stereocenters. The van der Waals surface area contributed by atoms with Crippen molar-refractivity contribution >= 4 is 35.2 Å². The lowest BCUT2D eigenvalue weighted by molar-refractivity contribution is -0.173. The monoisotopic (exact) mass is 616 g/mol. The van der Waals surface area contributed by atoms with E-state index < -0.39 is 78.6 Å². The van der Waals surface area contributed by atoms with E-state index in [0.29, 0.717) is 0 Å². The highest BCUT2D eigenvalue weighted by atomic mass is 31.3. The number of nitrogens with one attached hydrogen (secondary N) is 1. The summed E-state index contributed by atoms with van der Waals surface area (Å²) < 4.78 is 87.9. The molecule has 214 valence electrons. The van der Waals surface area contributed by atoms with Gasteiger partial charge in [-0.25, -0.2) is 18.5 Å². The van der Waals surface area contributed by atoms with Crippen LogP contribution >= 0.6 is 23.5 Å². The third kappa shape index (κ3) is 9.85. The standard InChI is InChI=1S/C14H18F3N4O14P3/c15-14(16,17)12(23)19-3-1-2-7-5-21(13(24)20-11(7)18)10-4-8(22)9(33-10)6-32-37(28,29)35-38(30,31)34-36(25,26)27/h5,8-10,22H,3-4,6H2,(H,19,23)(H,28,29)(H,30,31)(H2,18,20,24)(H2,25,26,27)/t8-,9+,10+/m0/s1. The molecule has 38 heavy (non-hydrogen) atoms. The fraction of sp³-hybridized carbons (Fsp3) is 0.500. The molecular weight excluding hydrogens is 598 g/mol. The number of halogens is 3. The second-order valence-corrected chi connectivity index (χ2v) is 11.5. The molecule has 0 spiro atoms.